The van der Waals surface area contributed by atoms with Gasteiger partial charge in [0.25, 0.3) is 0 Å². The van der Waals surface area contributed by atoms with E-state index in [1.54, 1.807) is 0 Å². The van der Waals surface area contributed by atoms with E-state index in [2.05, 4.69) is 36.6 Å². The van der Waals surface area contributed by atoms with Crippen LogP contribution in [-0.4, -0.2) is 32.2 Å². The summed E-state index contributed by atoms with van der Waals surface area (Å²) in [6, 6.07) is 0. The van der Waals surface area contributed by atoms with Crippen LogP contribution in [0.15, 0.2) is 0 Å². The minimum atomic E-state index is -3.38. The largest absolute Gasteiger partial charge is 0.419 e. The summed E-state index contributed by atoms with van der Waals surface area (Å²) in [5, 5.41) is -3.68. The van der Waals surface area contributed by atoms with Crippen molar-refractivity contribution in [2.45, 2.75) is 30.4 Å². The third-order valence-corrected chi connectivity index (χ3v) is 4.40. The number of hydrogen-bond acceptors (Lipinski definition) is 4. The molecule has 0 N–H and O–H groups in total. The summed E-state index contributed by atoms with van der Waals surface area (Å²) in [6.45, 7) is 2.33. The van der Waals surface area contributed by atoms with Gasteiger partial charge in [0.05, 0.1) is 10.7 Å². The molecule has 0 aromatic rings. The molecule has 0 spiro atoms. The van der Waals surface area contributed by atoms with E-state index in [9.17, 15) is 22.7 Å². The minimum Gasteiger partial charge on any atom is -0.419 e. The Morgan fingerprint density at radius 2 is 1.71 bits per heavy atom. The van der Waals surface area contributed by atoms with Crippen molar-refractivity contribution in [1.29, 1.82) is 0 Å². The van der Waals surface area contributed by atoms with E-state index in [1.807, 2.05) is 0 Å². The second-order valence-corrected chi connectivity index (χ2v) is 5.59. The van der Waals surface area contributed by atoms with Gasteiger partial charge in [0, 0.05) is 11.8 Å². The van der Waals surface area contributed by atoms with Gasteiger partial charge in [0.1, 0.15) is 4.32 Å². The van der Waals surface area contributed by atoms with Crippen LogP contribution in [-0.2, 0) is 9.53 Å². The van der Waals surface area contributed by atoms with E-state index in [0.29, 0.717) is 0 Å². The standard InChI is InChI=1S/C7H10Br2F4N2O2/c1-3-7(14(10)11,15(12)13)17-5(16)6(2,9)4-8/h3-4H2,1-2H3. The highest BCUT2D eigenvalue weighted by Gasteiger charge is 2.52. The number of carbonyl (C=O) groups excluding carboxylic acids is 1. The van der Waals surface area contributed by atoms with E-state index >= 15 is 0 Å². The molecule has 0 rings (SSSR count). The molecular formula is C7H10Br2F4N2O2. The maximum absolute atomic E-state index is 12.5. The van der Waals surface area contributed by atoms with E-state index in [4.69, 9.17) is 0 Å². The van der Waals surface area contributed by atoms with Gasteiger partial charge in [0.15, 0.2) is 0 Å². The van der Waals surface area contributed by atoms with E-state index in [1.165, 1.54) is 6.92 Å². The van der Waals surface area contributed by atoms with Crippen molar-refractivity contribution in [2.75, 3.05) is 5.33 Å². The Hall–Kier alpha value is 0.0700. The maximum atomic E-state index is 12.5. The topological polar surface area (TPSA) is 32.8 Å². The van der Waals surface area contributed by atoms with Crippen LogP contribution in [0.25, 0.3) is 0 Å². The van der Waals surface area contributed by atoms with Crippen LogP contribution in [0, 0.1) is 0 Å². The summed E-state index contributed by atoms with van der Waals surface area (Å²) >= 11 is 5.80. The summed E-state index contributed by atoms with van der Waals surface area (Å²) in [5.41, 5.74) is 0. The van der Waals surface area contributed by atoms with Crippen LogP contribution in [0.1, 0.15) is 20.3 Å². The molecule has 0 amide bonds. The van der Waals surface area contributed by atoms with Gasteiger partial charge in [-0.15, -0.1) is 0 Å². The van der Waals surface area contributed by atoms with Gasteiger partial charge >= 0.3 is 11.8 Å². The lowest BCUT2D eigenvalue weighted by Crippen LogP contribution is -2.54. The smallest absolute Gasteiger partial charge is 0.335 e. The van der Waals surface area contributed by atoms with Crippen LogP contribution in [0.4, 0.5) is 17.9 Å². The number of carbonyl (C=O) groups is 1. The molecule has 1 atom stereocenters. The Kier molecular flexibility index (Phi) is 6.33. The summed E-state index contributed by atoms with van der Waals surface area (Å²) < 4.78 is 52.7. The highest BCUT2D eigenvalue weighted by molar-refractivity contribution is 9.12. The molecule has 4 nitrogen and oxygen atoms in total. The number of rotatable bonds is 6. The number of hydrogen-bond donors (Lipinski definition) is 0. The van der Waals surface area contributed by atoms with Crippen molar-refractivity contribution in [3.8, 4) is 0 Å². The molecule has 0 bridgehead atoms. The first-order chi connectivity index (χ1) is 7.64. The van der Waals surface area contributed by atoms with Gasteiger partial charge in [-0.25, -0.2) is 0 Å². The average Bonchev–Trinajstić information content (AvgIpc) is 2.24. The predicted octanol–water partition coefficient (Wildman–Crippen LogP) is 3.28. The van der Waals surface area contributed by atoms with Gasteiger partial charge in [-0.1, -0.05) is 56.7 Å². The average molecular weight is 390 g/mol. The summed E-state index contributed by atoms with van der Waals surface area (Å²) in [6.07, 6.45) is -0.815. The molecule has 10 heteroatoms. The Bertz CT molecular complexity index is 271. The summed E-state index contributed by atoms with van der Waals surface area (Å²) in [4.78, 5) is 11.5. The number of alkyl halides is 2. The highest BCUT2D eigenvalue weighted by Crippen LogP contribution is 2.32. The highest BCUT2D eigenvalue weighted by atomic mass is 79.9. The molecule has 0 aliphatic heterocycles. The predicted molar refractivity (Wildman–Crippen MR) is 58.4 cm³/mol. The fourth-order valence-electron chi connectivity index (χ4n) is 0.747. The maximum Gasteiger partial charge on any atom is 0.335 e. The zero-order chi connectivity index (χ0) is 13.9. The van der Waals surface area contributed by atoms with Crippen molar-refractivity contribution in [2.24, 2.45) is 0 Å². The van der Waals surface area contributed by atoms with Crippen molar-refractivity contribution in [3.63, 3.8) is 0 Å². The SMILES string of the molecule is CCC(OC(=O)C(C)(Br)CBr)(N(F)F)N(F)F. The van der Waals surface area contributed by atoms with Gasteiger partial charge in [0.2, 0.25) is 0 Å². The number of nitrogens with zero attached hydrogens (tertiary/aromatic N) is 2. The van der Waals surface area contributed by atoms with Gasteiger partial charge in [-0.3, -0.25) is 4.79 Å². The molecule has 1 unspecified atom stereocenters. The Labute approximate surface area is 112 Å². The number of ether oxygens (including phenoxy) is 1. The zero-order valence-electron chi connectivity index (χ0n) is 8.89. The minimum absolute atomic E-state index is 0.00969. The molecule has 0 saturated carbocycles. The first kappa shape index (κ1) is 17.1. The fourth-order valence-corrected chi connectivity index (χ4v) is 1.06. The van der Waals surface area contributed by atoms with Crippen LogP contribution in [0.2, 0.25) is 0 Å². The van der Waals surface area contributed by atoms with Crippen LogP contribution in [0.5, 0.6) is 0 Å². The monoisotopic (exact) mass is 388 g/mol. The first-order valence-electron chi connectivity index (χ1n) is 4.36. The Morgan fingerprint density at radius 1 is 1.29 bits per heavy atom. The molecule has 0 heterocycles. The lowest BCUT2D eigenvalue weighted by Gasteiger charge is -2.32. The van der Waals surface area contributed by atoms with Gasteiger partial charge < -0.3 is 4.74 Å². The van der Waals surface area contributed by atoms with Crippen molar-refractivity contribution in [1.82, 2.24) is 10.7 Å². The van der Waals surface area contributed by atoms with E-state index in [-0.39, 0.29) is 5.33 Å². The molecule has 0 aromatic carbocycles. The quantitative estimate of drug-likeness (QED) is 0.229. The lowest BCUT2D eigenvalue weighted by molar-refractivity contribution is -0.444. The fraction of sp³-hybridized carbons (Fsp3) is 0.857. The molecular weight excluding hydrogens is 380 g/mol. The Morgan fingerprint density at radius 3 is 1.94 bits per heavy atom. The molecule has 0 saturated heterocycles. The third-order valence-electron chi connectivity index (χ3n) is 1.92. The summed E-state index contributed by atoms with van der Waals surface area (Å²) in [5.74, 6) is -4.62. The van der Waals surface area contributed by atoms with Crippen LogP contribution >= 0.6 is 31.9 Å². The van der Waals surface area contributed by atoms with E-state index in [0.717, 1.165) is 6.92 Å². The third kappa shape index (κ3) is 3.76. The summed E-state index contributed by atoms with van der Waals surface area (Å²) in [7, 11) is 0. The number of esters is 1. The molecule has 102 valence electrons. The number of halogens is 6. The molecule has 0 radical (unpaired) electrons. The second kappa shape index (κ2) is 6.30. The van der Waals surface area contributed by atoms with Crippen molar-refractivity contribution in [3.05, 3.63) is 0 Å². The lowest BCUT2D eigenvalue weighted by atomic mass is 10.2. The van der Waals surface area contributed by atoms with E-state index < -0.39 is 33.3 Å². The molecule has 17 heavy (non-hydrogen) atoms. The van der Waals surface area contributed by atoms with Crippen molar-refractivity contribution >= 4 is 37.8 Å². The Balaban J connectivity index is 5.08. The van der Waals surface area contributed by atoms with Gasteiger partial charge in [-0.2, -0.15) is 0 Å². The molecule has 0 aliphatic carbocycles. The molecule has 0 fully saturated rings. The first-order valence-corrected chi connectivity index (χ1v) is 6.27. The van der Waals surface area contributed by atoms with Crippen molar-refractivity contribution < 1.29 is 27.5 Å². The van der Waals surface area contributed by atoms with Gasteiger partial charge in [-0.05, 0) is 6.92 Å². The normalized spacial score (nSPS) is 16.1. The molecule has 0 aliphatic rings. The second-order valence-electron chi connectivity index (χ2n) is 3.28. The molecule has 0 aromatic heterocycles. The van der Waals surface area contributed by atoms with Crippen LogP contribution in [0.3, 0.4) is 0 Å². The zero-order valence-corrected chi connectivity index (χ0v) is 12.1. The van der Waals surface area contributed by atoms with Crippen LogP contribution < -0.4 is 0 Å².